The molecule has 0 saturated carbocycles. The van der Waals surface area contributed by atoms with Gasteiger partial charge >= 0.3 is 5.69 Å². The Morgan fingerprint density at radius 1 is 0.846 bits per heavy atom. The van der Waals surface area contributed by atoms with Crippen LogP contribution in [0.2, 0.25) is 0 Å². The van der Waals surface area contributed by atoms with Crippen molar-refractivity contribution in [3.05, 3.63) is 82.8 Å². The van der Waals surface area contributed by atoms with Gasteiger partial charge in [-0.25, -0.2) is 4.79 Å². The van der Waals surface area contributed by atoms with Crippen LogP contribution in [-0.4, -0.2) is 21.0 Å². The summed E-state index contributed by atoms with van der Waals surface area (Å²) in [5, 5.41) is 12.8. The number of hydrogen-bond donors (Lipinski definition) is 4. The molecule has 0 aliphatic carbocycles. The summed E-state index contributed by atoms with van der Waals surface area (Å²) in [6, 6.07) is 19.6. The standard InChI is InChI=1S/C20H15N3O3/c24-18-9-6-13(12-4-2-1-3-5-12)10-15(18)19(25)21-14-7-8-16-17(11-14)23-20(26)22-16/h1-11,24H,(H,21,25)(H2,22,23,26). The molecule has 1 amide bonds. The molecule has 0 bridgehead atoms. The van der Waals surface area contributed by atoms with E-state index in [-0.39, 0.29) is 17.0 Å². The summed E-state index contributed by atoms with van der Waals surface area (Å²) in [6.45, 7) is 0. The number of carbonyl (C=O) groups excluding carboxylic acids is 1. The summed E-state index contributed by atoms with van der Waals surface area (Å²) < 4.78 is 0. The molecule has 4 N–H and O–H groups in total. The number of amides is 1. The summed E-state index contributed by atoms with van der Waals surface area (Å²) in [7, 11) is 0. The normalized spacial score (nSPS) is 10.8. The molecule has 3 aromatic carbocycles. The van der Waals surface area contributed by atoms with Crippen LogP contribution in [0.15, 0.2) is 71.5 Å². The quantitative estimate of drug-likeness (QED) is 0.457. The van der Waals surface area contributed by atoms with E-state index in [2.05, 4.69) is 15.3 Å². The number of hydrogen-bond acceptors (Lipinski definition) is 3. The molecule has 128 valence electrons. The molecule has 0 atom stereocenters. The summed E-state index contributed by atoms with van der Waals surface area (Å²) >= 11 is 0. The largest absolute Gasteiger partial charge is 0.507 e. The van der Waals surface area contributed by atoms with E-state index < -0.39 is 5.91 Å². The number of benzene rings is 3. The van der Waals surface area contributed by atoms with Gasteiger partial charge in [0.1, 0.15) is 5.75 Å². The number of aromatic amines is 2. The highest BCUT2D eigenvalue weighted by Crippen LogP contribution is 2.27. The molecule has 26 heavy (non-hydrogen) atoms. The number of phenolic OH excluding ortho intramolecular Hbond substituents is 1. The van der Waals surface area contributed by atoms with Crippen molar-refractivity contribution in [2.24, 2.45) is 0 Å². The SMILES string of the molecule is O=C(Nc1ccc2[nH]c(=O)[nH]c2c1)c1cc(-c2ccccc2)ccc1O. The third-order valence-corrected chi connectivity index (χ3v) is 4.12. The summed E-state index contributed by atoms with van der Waals surface area (Å²) in [5.74, 6) is -0.532. The number of anilines is 1. The lowest BCUT2D eigenvalue weighted by atomic mass is 10.0. The Morgan fingerprint density at radius 3 is 2.42 bits per heavy atom. The Hall–Kier alpha value is -3.80. The first-order valence-corrected chi connectivity index (χ1v) is 8.02. The van der Waals surface area contributed by atoms with Crippen LogP contribution in [0, 0.1) is 0 Å². The first-order valence-electron chi connectivity index (χ1n) is 8.02. The topological polar surface area (TPSA) is 98.0 Å². The van der Waals surface area contributed by atoms with E-state index in [4.69, 9.17) is 0 Å². The van der Waals surface area contributed by atoms with E-state index in [0.29, 0.717) is 16.7 Å². The molecule has 0 unspecified atom stereocenters. The Balaban J connectivity index is 1.65. The van der Waals surface area contributed by atoms with Gasteiger partial charge in [-0.1, -0.05) is 36.4 Å². The molecule has 1 aromatic heterocycles. The van der Waals surface area contributed by atoms with Crippen molar-refractivity contribution in [1.82, 2.24) is 9.97 Å². The van der Waals surface area contributed by atoms with Crippen molar-refractivity contribution < 1.29 is 9.90 Å². The van der Waals surface area contributed by atoms with Gasteiger partial charge in [-0.3, -0.25) is 4.79 Å². The predicted octanol–water partition coefficient (Wildman–Crippen LogP) is 3.48. The lowest BCUT2D eigenvalue weighted by Gasteiger charge is -2.09. The highest BCUT2D eigenvalue weighted by molar-refractivity contribution is 6.07. The van der Waals surface area contributed by atoms with E-state index in [9.17, 15) is 14.7 Å². The first kappa shape index (κ1) is 15.7. The molecule has 1 heterocycles. The average Bonchev–Trinajstić information content (AvgIpc) is 3.02. The van der Waals surface area contributed by atoms with Gasteiger partial charge < -0.3 is 20.4 Å². The zero-order valence-electron chi connectivity index (χ0n) is 13.6. The van der Waals surface area contributed by atoms with Crippen molar-refractivity contribution in [1.29, 1.82) is 0 Å². The molecule has 4 aromatic rings. The second-order valence-corrected chi connectivity index (χ2v) is 5.89. The molecular formula is C20H15N3O3. The van der Waals surface area contributed by atoms with Gasteiger partial charge in [-0.2, -0.15) is 0 Å². The number of phenols is 1. The van der Waals surface area contributed by atoms with Gasteiger partial charge in [0.05, 0.1) is 16.6 Å². The van der Waals surface area contributed by atoms with Crippen LogP contribution >= 0.6 is 0 Å². The maximum atomic E-state index is 12.6. The lowest BCUT2D eigenvalue weighted by molar-refractivity contribution is 0.102. The molecule has 0 aliphatic heterocycles. The number of fused-ring (bicyclic) bond motifs is 1. The Labute approximate surface area is 148 Å². The first-order chi connectivity index (χ1) is 12.6. The molecule has 0 spiro atoms. The highest BCUT2D eigenvalue weighted by atomic mass is 16.3. The minimum atomic E-state index is -0.433. The molecule has 4 rings (SSSR count). The van der Waals surface area contributed by atoms with Gasteiger partial charge in [0.25, 0.3) is 5.91 Å². The minimum absolute atomic E-state index is 0.0988. The molecule has 0 aliphatic rings. The van der Waals surface area contributed by atoms with Crippen LogP contribution < -0.4 is 11.0 Å². The van der Waals surface area contributed by atoms with Crippen LogP contribution in [0.3, 0.4) is 0 Å². The molecular weight excluding hydrogens is 330 g/mol. The summed E-state index contributed by atoms with van der Waals surface area (Å²) in [6.07, 6.45) is 0. The van der Waals surface area contributed by atoms with E-state index in [1.807, 2.05) is 30.3 Å². The Bertz CT molecular complexity index is 1160. The Kier molecular flexibility index (Phi) is 3.78. The monoisotopic (exact) mass is 345 g/mol. The number of carbonyl (C=O) groups is 1. The van der Waals surface area contributed by atoms with Gasteiger partial charge in [0.15, 0.2) is 0 Å². The lowest BCUT2D eigenvalue weighted by Crippen LogP contribution is -2.12. The molecule has 0 saturated heterocycles. The third-order valence-electron chi connectivity index (χ3n) is 4.12. The molecule has 0 fully saturated rings. The fraction of sp³-hybridized carbons (Fsp3) is 0. The number of aromatic hydroxyl groups is 1. The van der Waals surface area contributed by atoms with Crippen molar-refractivity contribution in [3.8, 4) is 16.9 Å². The van der Waals surface area contributed by atoms with Crippen molar-refractivity contribution >= 4 is 22.6 Å². The van der Waals surface area contributed by atoms with Crippen LogP contribution in [0.4, 0.5) is 5.69 Å². The summed E-state index contributed by atoms with van der Waals surface area (Å²) in [5.41, 5.74) is 3.41. The van der Waals surface area contributed by atoms with E-state index >= 15 is 0 Å². The number of aromatic nitrogens is 2. The van der Waals surface area contributed by atoms with E-state index in [0.717, 1.165) is 11.1 Å². The average molecular weight is 345 g/mol. The van der Waals surface area contributed by atoms with Gasteiger partial charge in [0.2, 0.25) is 0 Å². The fourth-order valence-corrected chi connectivity index (χ4v) is 2.84. The molecule has 6 heteroatoms. The number of rotatable bonds is 3. The third kappa shape index (κ3) is 2.95. The van der Waals surface area contributed by atoms with Crippen LogP contribution in [-0.2, 0) is 0 Å². The number of nitrogens with one attached hydrogen (secondary N) is 3. The van der Waals surface area contributed by atoms with Crippen molar-refractivity contribution in [2.75, 3.05) is 5.32 Å². The summed E-state index contributed by atoms with van der Waals surface area (Å²) in [4.78, 5) is 29.2. The minimum Gasteiger partial charge on any atom is -0.507 e. The fourth-order valence-electron chi connectivity index (χ4n) is 2.84. The molecule has 6 nitrogen and oxygen atoms in total. The highest BCUT2D eigenvalue weighted by Gasteiger charge is 2.13. The van der Waals surface area contributed by atoms with E-state index in [1.165, 1.54) is 6.07 Å². The molecule has 0 radical (unpaired) electrons. The van der Waals surface area contributed by atoms with Crippen molar-refractivity contribution in [2.45, 2.75) is 0 Å². The zero-order valence-corrected chi connectivity index (χ0v) is 13.6. The second kappa shape index (κ2) is 6.25. The van der Waals surface area contributed by atoms with E-state index in [1.54, 1.807) is 30.3 Å². The van der Waals surface area contributed by atoms with Crippen LogP contribution in [0.1, 0.15) is 10.4 Å². The van der Waals surface area contributed by atoms with Gasteiger partial charge in [-0.05, 0) is 41.5 Å². The number of imidazole rings is 1. The Morgan fingerprint density at radius 2 is 1.62 bits per heavy atom. The maximum Gasteiger partial charge on any atom is 0.323 e. The predicted molar refractivity (Wildman–Crippen MR) is 100 cm³/mol. The van der Waals surface area contributed by atoms with Gasteiger partial charge in [0, 0.05) is 5.69 Å². The van der Waals surface area contributed by atoms with Crippen molar-refractivity contribution in [3.63, 3.8) is 0 Å². The maximum absolute atomic E-state index is 12.6. The zero-order chi connectivity index (χ0) is 18.1. The van der Waals surface area contributed by atoms with Crippen LogP contribution in [0.25, 0.3) is 22.2 Å². The number of H-pyrrole nitrogens is 2. The second-order valence-electron chi connectivity index (χ2n) is 5.89. The van der Waals surface area contributed by atoms with Crippen LogP contribution in [0.5, 0.6) is 5.75 Å². The smallest absolute Gasteiger partial charge is 0.323 e. The van der Waals surface area contributed by atoms with Gasteiger partial charge in [-0.15, -0.1) is 0 Å².